The fourth-order valence-corrected chi connectivity index (χ4v) is 2.20. The highest BCUT2D eigenvalue weighted by Crippen LogP contribution is 2.31. The van der Waals surface area contributed by atoms with Crippen molar-refractivity contribution in [1.29, 1.82) is 0 Å². The van der Waals surface area contributed by atoms with Gasteiger partial charge >= 0.3 is 11.9 Å². The number of ether oxygens (including phenoxy) is 2. The third-order valence-corrected chi connectivity index (χ3v) is 3.23. The lowest BCUT2D eigenvalue weighted by Gasteiger charge is -2.11. The largest absolute Gasteiger partial charge is 0.507 e. The lowest BCUT2D eigenvalue weighted by atomic mass is 9.98. The zero-order chi connectivity index (χ0) is 16.8. The normalized spacial score (nSPS) is 10.2. The van der Waals surface area contributed by atoms with Gasteiger partial charge in [0.25, 0.3) is 0 Å². The fourth-order valence-electron chi connectivity index (χ4n) is 2.20. The van der Waals surface area contributed by atoms with Crippen LogP contribution in [0.15, 0.2) is 42.5 Å². The molecule has 0 heterocycles. The molecule has 5 heteroatoms. The SMILES string of the molecule is CCOC(=O)c1ccc(-c2cccc(O)c2C(=O)OCC)cc1. The van der Waals surface area contributed by atoms with Gasteiger partial charge < -0.3 is 14.6 Å². The molecule has 5 nitrogen and oxygen atoms in total. The first kappa shape index (κ1) is 16.5. The van der Waals surface area contributed by atoms with Crippen molar-refractivity contribution in [3.63, 3.8) is 0 Å². The van der Waals surface area contributed by atoms with Crippen LogP contribution in [0.5, 0.6) is 5.75 Å². The maximum atomic E-state index is 12.1. The van der Waals surface area contributed by atoms with Crippen molar-refractivity contribution in [2.24, 2.45) is 0 Å². The van der Waals surface area contributed by atoms with Crippen molar-refractivity contribution in [1.82, 2.24) is 0 Å². The monoisotopic (exact) mass is 314 g/mol. The number of carbonyl (C=O) groups excluding carboxylic acids is 2. The number of hydrogen-bond donors (Lipinski definition) is 1. The van der Waals surface area contributed by atoms with E-state index < -0.39 is 11.9 Å². The Morgan fingerprint density at radius 2 is 1.52 bits per heavy atom. The number of esters is 2. The molecule has 0 radical (unpaired) electrons. The van der Waals surface area contributed by atoms with Crippen LogP contribution < -0.4 is 0 Å². The standard InChI is InChI=1S/C18H18O5/c1-3-22-17(20)13-10-8-12(9-11-13)14-6-5-7-15(19)16(14)18(21)23-4-2/h5-11,19H,3-4H2,1-2H3. The molecule has 0 amide bonds. The molecule has 0 aliphatic carbocycles. The topological polar surface area (TPSA) is 72.8 Å². The molecule has 0 unspecified atom stereocenters. The van der Waals surface area contributed by atoms with E-state index in [1.165, 1.54) is 6.07 Å². The Morgan fingerprint density at radius 1 is 0.913 bits per heavy atom. The van der Waals surface area contributed by atoms with Crippen LogP contribution in [0.4, 0.5) is 0 Å². The van der Waals surface area contributed by atoms with Crippen molar-refractivity contribution in [3.8, 4) is 16.9 Å². The zero-order valence-electron chi connectivity index (χ0n) is 13.0. The Hall–Kier alpha value is -2.82. The Kier molecular flexibility index (Phi) is 5.36. The number of rotatable bonds is 5. The van der Waals surface area contributed by atoms with E-state index >= 15 is 0 Å². The molecule has 0 saturated heterocycles. The Balaban J connectivity index is 2.40. The second kappa shape index (κ2) is 7.45. The summed E-state index contributed by atoms with van der Waals surface area (Å²) in [5, 5.41) is 9.99. The summed E-state index contributed by atoms with van der Waals surface area (Å²) in [7, 11) is 0. The number of hydrogen-bond acceptors (Lipinski definition) is 5. The smallest absolute Gasteiger partial charge is 0.342 e. The van der Waals surface area contributed by atoms with Gasteiger partial charge in [-0.3, -0.25) is 0 Å². The van der Waals surface area contributed by atoms with E-state index in [1.54, 1.807) is 50.2 Å². The molecule has 0 atom stereocenters. The Labute approximate surface area is 134 Å². The molecule has 2 rings (SSSR count). The van der Waals surface area contributed by atoms with Gasteiger partial charge in [0.15, 0.2) is 0 Å². The Bertz CT molecular complexity index is 704. The minimum Gasteiger partial charge on any atom is -0.507 e. The maximum Gasteiger partial charge on any atom is 0.342 e. The van der Waals surface area contributed by atoms with Crippen molar-refractivity contribution in [3.05, 3.63) is 53.6 Å². The van der Waals surface area contributed by atoms with E-state index in [4.69, 9.17) is 9.47 Å². The van der Waals surface area contributed by atoms with Crippen LogP contribution in [0.1, 0.15) is 34.6 Å². The van der Waals surface area contributed by atoms with E-state index in [1.807, 2.05) is 0 Å². The molecule has 0 aromatic heterocycles. The molecule has 0 bridgehead atoms. The molecule has 1 N–H and O–H groups in total. The van der Waals surface area contributed by atoms with Crippen LogP contribution in [0.2, 0.25) is 0 Å². The molecule has 2 aromatic rings. The average Bonchev–Trinajstić information content (AvgIpc) is 2.55. The highest BCUT2D eigenvalue weighted by Gasteiger charge is 2.18. The molecule has 0 fully saturated rings. The third kappa shape index (κ3) is 3.69. The molecule has 120 valence electrons. The quantitative estimate of drug-likeness (QED) is 0.856. The molecule has 23 heavy (non-hydrogen) atoms. The minimum absolute atomic E-state index is 0.109. The first-order chi connectivity index (χ1) is 11.1. The van der Waals surface area contributed by atoms with Gasteiger partial charge in [0.05, 0.1) is 18.8 Å². The highest BCUT2D eigenvalue weighted by atomic mass is 16.5. The van der Waals surface area contributed by atoms with Gasteiger partial charge in [-0.1, -0.05) is 24.3 Å². The van der Waals surface area contributed by atoms with Gasteiger partial charge in [0.1, 0.15) is 11.3 Å². The molecule has 0 aliphatic heterocycles. The number of benzene rings is 2. The lowest BCUT2D eigenvalue weighted by molar-refractivity contribution is 0.0515. The molecular formula is C18H18O5. The van der Waals surface area contributed by atoms with E-state index in [0.29, 0.717) is 23.3 Å². The predicted octanol–water partition coefficient (Wildman–Crippen LogP) is 3.41. The van der Waals surface area contributed by atoms with E-state index in [0.717, 1.165) is 0 Å². The van der Waals surface area contributed by atoms with Crippen LogP contribution in [0, 0.1) is 0 Å². The van der Waals surface area contributed by atoms with E-state index in [2.05, 4.69) is 0 Å². The second-order valence-corrected chi connectivity index (χ2v) is 4.72. The summed E-state index contributed by atoms with van der Waals surface area (Å²) in [4.78, 5) is 23.7. The van der Waals surface area contributed by atoms with Crippen molar-refractivity contribution in [2.75, 3.05) is 13.2 Å². The van der Waals surface area contributed by atoms with Gasteiger partial charge in [-0.15, -0.1) is 0 Å². The predicted molar refractivity (Wildman–Crippen MR) is 85.5 cm³/mol. The van der Waals surface area contributed by atoms with Crippen molar-refractivity contribution >= 4 is 11.9 Å². The number of phenols is 1. The van der Waals surface area contributed by atoms with Gasteiger partial charge in [0, 0.05) is 0 Å². The third-order valence-electron chi connectivity index (χ3n) is 3.23. The average molecular weight is 314 g/mol. The minimum atomic E-state index is -0.588. The maximum absolute atomic E-state index is 12.1. The van der Waals surface area contributed by atoms with E-state index in [-0.39, 0.29) is 17.9 Å². The Morgan fingerprint density at radius 3 is 2.13 bits per heavy atom. The zero-order valence-corrected chi connectivity index (χ0v) is 13.0. The molecule has 2 aromatic carbocycles. The first-order valence-corrected chi connectivity index (χ1v) is 7.35. The summed E-state index contributed by atoms with van der Waals surface area (Å²) >= 11 is 0. The first-order valence-electron chi connectivity index (χ1n) is 7.35. The van der Waals surface area contributed by atoms with Gasteiger partial charge in [-0.2, -0.15) is 0 Å². The van der Waals surface area contributed by atoms with Gasteiger partial charge in [-0.05, 0) is 43.2 Å². The van der Waals surface area contributed by atoms with E-state index in [9.17, 15) is 14.7 Å². The summed E-state index contributed by atoms with van der Waals surface area (Å²) < 4.78 is 9.93. The van der Waals surface area contributed by atoms with Gasteiger partial charge in [0.2, 0.25) is 0 Å². The fraction of sp³-hybridized carbons (Fsp3) is 0.222. The van der Waals surface area contributed by atoms with Crippen LogP contribution in [-0.4, -0.2) is 30.3 Å². The molecule has 0 spiro atoms. The summed E-state index contributed by atoms with van der Waals surface area (Å²) in [6, 6.07) is 11.4. The van der Waals surface area contributed by atoms with Crippen LogP contribution >= 0.6 is 0 Å². The number of carbonyl (C=O) groups is 2. The van der Waals surface area contributed by atoms with Crippen molar-refractivity contribution < 1.29 is 24.2 Å². The number of phenolic OH excluding ortho intramolecular Hbond substituents is 1. The summed E-state index contributed by atoms with van der Waals surface area (Å²) in [5.41, 5.74) is 1.77. The molecule has 0 aliphatic rings. The molecular weight excluding hydrogens is 296 g/mol. The lowest BCUT2D eigenvalue weighted by Crippen LogP contribution is -2.07. The second-order valence-electron chi connectivity index (χ2n) is 4.72. The van der Waals surface area contributed by atoms with Crippen LogP contribution in [-0.2, 0) is 9.47 Å². The summed E-state index contributed by atoms with van der Waals surface area (Å²) in [5.74, 6) is -1.13. The van der Waals surface area contributed by atoms with Crippen molar-refractivity contribution in [2.45, 2.75) is 13.8 Å². The summed E-state index contributed by atoms with van der Waals surface area (Å²) in [6.07, 6.45) is 0. The highest BCUT2D eigenvalue weighted by molar-refractivity contribution is 6.00. The number of aromatic hydroxyl groups is 1. The van der Waals surface area contributed by atoms with Gasteiger partial charge in [-0.25, -0.2) is 9.59 Å². The molecule has 0 saturated carbocycles. The van der Waals surface area contributed by atoms with Crippen LogP contribution in [0.25, 0.3) is 11.1 Å². The van der Waals surface area contributed by atoms with Crippen LogP contribution in [0.3, 0.4) is 0 Å². The summed E-state index contributed by atoms with van der Waals surface area (Å²) in [6.45, 7) is 3.96.